The molecule has 0 saturated heterocycles. The highest BCUT2D eigenvalue weighted by atomic mass is 79.9. The first-order valence-electron chi connectivity index (χ1n) is 3.65. The molecule has 0 aromatic carbocycles. The maximum atomic E-state index is 12.9. The summed E-state index contributed by atoms with van der Waals surface area (Å²) in [6, 6.07) is 0. The zero-order chi connectivity index (χ0) is 10.1. The summed E-state index contributed by atoms with van der Waals surface area (Å²) in [6.45, 7) is 0. The minimum Gasteiger partial charge on any atom is -0.211 e. The monoisotopic (exact) mass is 258 g/mol. The topological polar surface area (TPSA) is 0 Å². The lowest BCUT2D eigenvalue weighted by Gasteiger charge is -2.17. The number of hydrogen-bond acceptors (Lipinski definition) is 0. The average molecular weight is 259 g/mol. The Morgan fingerprint density at radius 1 is 1.46 bits per heavy atom. The fourth-order valence-corrected chi connectivity index (χ4v) is 1.62. The first-order chi connectivity index (χ1) is 5.95. The summed E-state index contributed by atoms with van der Waals surface area (Å²) in [5, 5.41) is 0.344. The Hall–Kier alpha value is -0.320. The molecule has 0 aliphatic heterocycles. The van der Waals surface area contributed by atoms with Gasteiger partial charge in [-0.25, -0.2) is 4.39 Å². The Bertz CT molecular complexity index is 251. The second-order valence-electron chi connectivity index (χ2n) is 2.77. The molecule has 1 rings (SSSR count). The lowest BCUT2D eigenvalue weighted by Crippen LogP contribution is -2.15. The van der Waals surface area contributed by atoms with Crippen LogP contribution < -0.4 is 0 Å². The van der Waals surface area contributed by atoms with Crippen LogP contribution in [0.1, 0.15) is 6.42 Å². The van der Waals surface area contributed by atoms with Crippen LogP contribution in [0.3, 0.4) is 0 Å². The summed E-state index contributed by atoms with van der Waals surface area (Å²) in [6.07, 6.45) is -2.75. The molecule has 13 heavy (non-hydrogen) atoms. The van der Waals surface area contributed by atoms with E-state index in [9.17, 15) is 17.6 Å². The highest BCUT2D eigenvalue weighted by molar-refractivity contribution is 9.09. The lowest BCUT2D eigenvalue weighted by atomic mass is 9.97. The van der Waals surface area contributed by atoms with Crippen molar-refractivity contribution < 1.29 is 17.6 Å². The van der Waals surface area contributed by atoms with Gasteiger partial charge in [0.2, 0.25) is 0 Å². The molecule has 0 saturated carbocycles. The summed E-state index contributed by atoms with van der Waals surface area (Å²) >= 11 is 3.03. The molecule has 74 valence electrons. The standard InChI is InChI=1S/C8H7BrF4/c9-4-5-1-2-6(3-7(5)10)8(11,12)13/h2-3,5H,1,4H2. The normalized spacial score (nSPS) is 23.9. The molecular weight excluding hydrogens is 252 g/mol. The number of allylic oxidation sites excluding steroid dienone is 4. The van der Waals surface area contributed by atoms with Crippen molar-refractivity contribution in [3.05, 3.63) is 23.6 Å². The summed E-state index contributed by atoms with van der Waals surface area (Å²) in [7, 11) is 0. The third-order valence-electron chi connectivity index (χ3n) is 1.82. The van der Waals surface area contributed by atoms with E-state index >= 15 is 0 Å². The van der Waals surface area contributed by atoms with E-state index in [-0.39, 0.29) is 6.42 Å². The SMILES string of the molecule is FC1=CC(C(F)(F)F)=CCC1CBr. The second-order valence-corrected chi connectivity index (χ2v) is 3.42. The van der Waals surface area contributed by atoms with Gasteiger partial charge in [-0.1, -0.05) is 22.0 Å². The molecule has 0 radical (unpaired) electrons. The highest BCUT2D eigenvalue weighted by Crippen LogP contribution is 2.34. The maximum absolute atomic E-state index is 12.9. The van der Waals surface area contributed by atoms with E-state index in [1.54, 1.807) is 0 Å². The lowest BCUT2D eigenvalue weighted by molar-refractivity contribution is -0.0890. The van der Waals surface area contributed by atoms with Crippen molar-refractivity contribution in [2.24, 2.45) is 5.92 Å². The first kappa shape index (κ1) is 10.8. The average Bonchev–Trinajstić information content (AvgIpc) is 2.02. The highest BCUT2D eigenvalue weighted by Gasteiger charge is 2.34. The van der Waals surface area contributed by atoms with Crippen molar-refractivity contribution in [3.8, 4) is 0 Å². The van der Waals surface area contributed by atoms with E-state index < -0.39 is 23.5 Å². The third-order valence-corrected chi connectivity index (χ3v) is 2.60. The molecule has 1 aliphatic carbocycles. The molecule has 0 aromatic heterocycles. The van der Waals surface area contributed by atoms with E-state index in [4.69, 9.17) is 0 Å². The zero-order valence-corrected chi connectivity index (χ0v) is 8.12. The predicted octanol–water partition coefficient (Wildman–Crippen LogP) is 3.74. The van der Waals surface area contributed by atoms with Crippen LogP contribution in [0.2, 0.25) is 0 Å². The molecule has 5 heteroatoms. The maximum Gasteiger partial charge on any atom is 0.416 e. The van der Waals surface area contributed by atoms with Crippen LogP contribution in [0, 0.1) is 5.92 Å². The molecule has 1 atom stereocenters. The first-order valence-corrected chi connectivity index (χ1v) is 4.77. The van der Waals surface area contributed by atoms with Gasteiger partial charge in [0, 0.05) is 11.2 Å². The summed E-state index contributed by atoms with van der Waals surface area (Å²) in [5.74, 6) is -1.15. The molecule has 0 spiro atoms. The van der Waals surface area contributed by atoms with Gasteiger partial charge in [0.1, 0.15) is 5.83 Å². The number of hydrogen-bond donors (Lipinski definition) is 0. The third kappa shape index (κ3) is 2.56. The van der Waals surface area contributed by atoms with Crippen molar-refractivity contribution in [1.82, 2.24) is 0 Å². The molecule has 0 bridgehead atoms. The van der Waals surface area contributed by atoms with Crippen LogP contribution in [0.5, 0.6) is 0 Å². The number of rotatable bonds is 1. The largest absolute Gasteiger partial charge is 0.416 e. The van der Waals surface area contributed by atoms with Gasteiger partial charge in [-0.15, -0.1) is 0 Å². The number of alkyl halides is 4. The summed E-state index contributed by atoms with van der Waals surface area (Å²) < 4.78 is 49.1. The van der Waals surface area contributed by atoms with Crippen LogP contribution in [0.15, 0.2) is 23.6 Å². The minimum atomic E-state index is -4.44. The number of halogens is 5. The van der Waals surface area contributed by atoms with Gasteiger partial charge in [0.15, 0.2) is 0 Å². The second kappa shape index (κ2) is 3.82. The van der Waals surface area contributed by atoms with Gasteiger partial charge in [0.25, 0.3) is 0 Å². The van der Waals surface area contributed by atoms with Crippen molar-refractivity contribution in [3.63, 3.8) is 0 Å². The van der Waals surface area contributed by atoms with E-state index in [2.05, 4.69) is 15.9 Å². The van der Waals surface area contributed by atoms with Gasteiger partial charge < -0.3 is 0 Å². The molecule has 0 amide bonds. The molecule has 0 fully saturated rings. The Balaban J connectivity index is 2.81. The molecular formula is C8H7BrF4. The molecule has 0 aromatic rings. The van der Waals surface area contributed by atoms with Crippen molar-refractivity contribution >= 4 is 15.9 Å². The predicted molar refractivity (Wildman–Crippen MR) is 45.2 cm³/mol. The summed E-state index contributed by atoms with van der Waals surface area (Å²) in [4.78, 5) is 0. The van der Waals surface area contributed by atoms with E-state index in [0.717, 1.165) is 6.08 Å². The van der Waals surface area contributed by atoms with Crippen LogP contribution in [0.25, 0.3) is 0 Å². The van der Waals surface area contributed by atoms with Crippen molar-refractivity contribution in [1.29, 1.82) is 0 Å². The van der Waals surface area contributed by atoms with Gasteiger partial charge in [-0.05, 0) is 12.5 Å². The smallest absolute Gasteiger partial charge is 0.211 e. The fourth-order valence-electron chi connectivity index (χ4n) is 1.04. The van der Waals surface area contributed by atoms with E-state index in [0.29, 0.717) is 11.4 Å². The zero-order valence-electron chi connectivity index (χ0n) is 6.54. The Kier molecular flexibility index (Phi) is 3.16. The van der Waals surface area contributed by atoms with Gasteiger partial charge in [0.05, 0.1) is 5.57 Å². The molecule has 1 unspecified atom stereocenters. The fraction of sp³-hybridized carbons (Fsp3) is 0.500. The quantitative estimate of drug-likeness (QED) is 0.497. The van der Waals surface area contributed by atoms with Crippen molar-refractivity contribution in [2.75, 3.05) is 5.33 Å². The Morgan fingerprint density at radius 2 is 2.08 bits per heavy atom. The molecule has 0 N–H and O–H groups in total. The Labute approximate surface area is 81.4 Å². The van der Waals surface area contributed by atoms with Gasteiger partial charge >= 0.3 is 6.18 Å². The van der Waals surface area contributed by atoms with Gasteiger partial charge in [-0.2, -0.15) is 13.2 Å². The van der Waals surface area contributed by atoms with Crippen LogP contribution >= 0.6 is 15.9 Å². The Morgan fingerprint density at radius 3 is 2.46 bits per heavy atom. The van der Waals surface area contributed by atoms with Crippen LogP contribution in [-0.4, -0.2) is 11.5 Å². The van der Waals surface area contributed by atoms with Crippen molar-refractivity contribution in [2.45, 2.75) is 12.6 Å². The molecule has 1 aliphatic rings. The summed E-state index contributed by atoms with van der Waals surface area (Å²) in [5.41, 5.74) is -0.887. The van der Waals surface area contributed by atoms with Gasteiger partial charge in [-0.3, -0.25) is 0 Å². The van der Waals surface area contributed by atoms with Crippen LogP contribution in [-0.2, 0) is 0 Å². The van der Waals surface area contributed by atoms with E-state index in [1.165, 1.54) is 0 Å². The molecule has 0 heterocycles. The van der Waals surface area contributed by atoms with E-state index in [1.807, 2.05) is 0 Å². The minimum absolute atomic E-state index is 0.0996. The van der Waals surface area contributed by atoms with Crippen LogP contribution in [0.4, 0.5) is 17.6 Å². The molecule has 0 nitrogen and oxygen atoms in total.